The zero-order chi connectivity index (χ0) is 22.7. The summed E-state index contributed by atoms with van der Waals surface area (Å²) in [4.78, 5) is 12.1. The van der Waals surface area contributed by atoms with Crippen LogP contribution in [0.25, 0.3) is 10.9 Å². The van der Waals surface area contributed by atoms with Gasteiger partial charge in [0, 0.05) is 32.7 Å². The largest absolute Gasteiger partial charge is 0.489 e. The molecule has 0 radical (unpaired) electrons. The predicted octanol–water partition coefficient (Wildman–Crippen LogP) is 6.92. The van der Waals surface area contributed by atoms with Crippen LogP contribution in [0.2, 0.25) is 10.0 Å². The molecular formula is C26H23Cl2NO3. The van der Waals surface area contributed by atoms with Crippen LogP contribution in [-0.4, -0.2) is 17.6 Å². The molecule has 0 atom stereocenters. The summed E-state index contributed by atoms with van der Waals surface area (Å²) in [6, 6.07) is 19.0. The van der Waals surface area contributed by atoms with E-state index in [9.17, 15) is 4.79 Å². The lowest BCUT2D eigenvalue weighted by molar-refractivity contribution is 0.0603. The summed E-state index contributed by atoms with van der Waals surface area (Å²) in [6.45, 7) is 3.09. The van der Waals surface area contributed by atoms with Crippen molar-refractivity contribution in [3.63, 3.8) is 0 Å². The molecule has 1 aromatic heterocycles. The lowest BCUT2D eigenvalue weighted by atomic mass is 10.1. The van der Waals surface area contributed by atoms with E-state index in [4.69, 9.17) is 32.7 Å². The van der Waals surface area contributed by atoms with Crippen molar-refractivity contribution in [2.24, 2.45) is 0 Å². The molecule has 0 aliphatic carbocycles. The van der Waals surface area contributed by atoms with Gasteiger partial charge in [-0.05, 0) is 66.1 Å². The Balaban J connectivity index is 1.63. The van der Waals surface area contributed by atoms with Gasteiger partial charge in [0.2, 0.25) is 0 Å². The standard InChI is InChI=1S/C26H23Cl2NO3/c1-3-17-13-20(27)8-7-18(17)16-32-25-10-9-21(28)14-19(25)15-29-12-11-22-23(26(30)31-2)5-4-6-24(22)29/h4-14H,3,15-16H2,1-2H3. The molecule has 3 aromatic carbocycles. The van der Waals surface area contributed by atoms with Crippen molar-refractivity contribution < 1.29 is 14.3 Å². The van der Waals surface area contributed by atoms with Crippen LogP contribution in [0.5, 0.6) is 5.75 Å². The Morgan fingerprint density at radius 3 is 2.44 bits per heavy atom. The summed E-state index contributed by atoms with van der Waals surface area (Å²) in [5.41, 5.74) is 4.70. The minimum Gasteiger partial charge on any atom is -0.489 e. The van der Waals surface area contributed by atoms with Gasteiger partial charge in [0.15, 0.2) is 0 Å². The van der Waals surface area contributed by atoms with Gasteiger partial charge >= 0.3 is 5.97 Å². The number of rotatable bonds is 7. The number of hydrogen-bond donors (Lipinski definition) is 0. The quantitative estimate of drug-likeness (QED) is 0.276. The molecular weight excluding hydrogens is 445 g/mol. The van der Waals surface area contributed by atoms with Gasteiger partial charge in [-0.15, -0.1) is 0 Å². The number of carbonyl (C=O) groups excluding carboxylic acids is 1. The summed E-state index contributed by atoms with van der Waals surface area (Å²) < 4.78 is 13.2. The van der Waals surface area contributed by atoms with Crippen LogP contribution >= 0.6 is 23.2 Å². The van der Waals surface area contributed by atoms with Gasteiger partial charge in [-0.25, -0.2) is 4.79 Å². The molecule has 164 valence electrons. The molecule has 6 heteroatoms. The molecule has 0 saturated carbocycles. The molecule has 32 heavy (non-hydrogen) atoms. The minimum atomic E-state index is -0.352. The fraction of sp³-hybridized carbons (Fsp3) is 0.192. The second-order valence-corrected chi connectivity index (χ2v) is 8.35. The van der Waals surface area contributed by atoms with E-state index in [0.29, 0.717) is 23.7 Å². The smallest absolute Gasteiger partial charge is 0.338 e. The Bertz CT molecular complexity index is 1280. The summed E-state index contributed by atoms with van der Waals surface area (Å²) in [5, 5.41) is 2.21. The second-order valence-electron chi connectivity index (χ2n) is 7.48. The average molecular weight is 468 g/mol. The lowest BCUT2D eigenvalue weighted by Crippen LogP contribution is -2.05. The van der Waals surface area contributed by atoms with E-state index >= 15 is 0 Å². The maximum atomic E-state index is 12.1. The van der Waals surface area contributed by atoms with E-state index in [1.165, 1.54) is 12.7 Å². The normalized spacial score (nSPS) is 11.0. The van der Waals surface area contributed by atoms with E-state index in [2.05, 4.69) is 11.5 Å². The molecule has 0 N–H and O–H groups in total. The maximum Gasteiger partial charge on any atom is 0.338 e. The molecule has 0 fully saturated rings. The van der Waals surface area contributed by atoms with Gasteiger partial charge in [0.1, 0.15) is 12.4 Å². The number of ether oxygens (including phenoxy) is 2. The van der Waals surface area contributed by atoms with E-state index in [-0.39, 0.29) is 5.97 Å². The Labute approximate surface area is 197 Å². The Hall–Kier alpha value is -2.95. The number of methoxy groups -OCH3 is 1. The minimum absolute atomic E-state index is 0.352. The maximum absolute atomic E-state index is 12.1. The molecule has 0 bridgehead atoms. The summed E-state index contributed by atoms with van der Waals surface area (Å²) in [5.74, 6) is 0.409. The van der Waals surface area contributed by atoms with Crippen LogP contribution in [-0.2, 0) is 24.3 Å². The Kier molecular flexibility index (Phi) is 6.73. The fourth-order valence-corrected chi connectivity index (χ4v) is 4.25. The average Bonchev–Trinajstić information content (AvgIpc) is 3.21. The van der Waals surface area contributed by atoms with Gasteiger partial charge in [-0.1, -0.05) is 42.3 Å². The van der Waals surface area contributed by atoms with Crippen LogP contribution in [0, 0.1) is 0 Å². The molecule has 4 rings (SSSR count). The van der Waals surface area contributed by atoms with Gasteiger partial charge in [0.05, 0.1) is 19.2 Å². The Morgan fingerprint density at radius 2 is 1.69 bits per heavy atom. The van der Waals surface area contributed by atoms with Gasteiger partial charge in [0.25, 0.3) is 0 Å². The number of nitrogens with zero attached hydrogens (tertiary/aromatic N) is 1. The molecule has 0 saturated heterocycles. The molecule has 4 nitrogen and oxygen atoms in total. The number of aryl methyl sites for hydroxylation is 1. The highest BCUT2D eigenvalue weighted by Crippen LogP contribution is 2.28. The van der Waals surface area contributed by atoms with Crippen LogP contribution in [0.1, 0.15) is 34.0 Å². The SMILES string of the molecule is CCc1cc(Cl)ccc1COc1ccc(Cl)cc1Cn1ccc2c(C(=O)OC)cccc21. The van der Waals surface area contributed by atoms with Gasteiger partial charge in [-0.2, -0.15) is 0 Å². The van der Waals surface area contributed by atoms with Crippen molar-refractivity contribution >= 4 is 40.1 Å². The van der Waals surface area contributed by atoms with Crippen molar-refractivity contribution in [2.45, 2.75) is 26.5 Å². The number of benzene rings is 3. The zero-order valence-electron chi connectivity index (χ0n) is 17.9. The molecule has 1 heterocycles. The summed E-state index contributed by atoms with van der Waals surface area (Å²) in [7, 11) is 1.39. The summed E-state index contributed by atoms with van der Waals surface area (Å²) >= 11 is 12.4. The first-order chi connectivity index (χ1) is 15.5. The third-order valence-corrected chi connectivity index (χ3v) is 5.98. The van der Waals surface area contributed by atoms with Crippen molar-refractivity contribution in [3.05, 3.63) is 99.2 Å². The van der Waals surface area contributed by atoms with E-state index < -0.39 is 0 Å². The summed E-state index contributed by atoms with van der Waals surface area (Å²) in [6.07, 6.45) is 2.83. The van der Waals surface area contributed by atoms with Gasteiger partial charge in [-0.3, -0.25) is 0 Å². The fourth-order valence-electron chi connectivity index (χ4n) is 3.87. The Morgan fingerprint density at radius 1 is 0.938 bits per heavy atom. The van der Waals surface area contributed by atoms with Crippen molar-refractivity contribution in [2.75, 3.05) is 7.11 Å². The van der Waals surface area contributed by atoms with Gasteiger partial charge < -0.3 is 14.0 Å². The van der Waals surface area contributed by atoms with Crippen molar-refractivity contribution in [3.8, 4) is 5.75 Å². The first-order valence-corrected chi connectivity index (χ1v) is 11.1. The zero-order valence-corrected chi connectivity index (χ0v) is 19.4. The number of carbonyl (C=O) groups is 1. The predicted molar refractivity (Wildman–Crippen MR) is 129 cm³/mol. The molecule has 0 amide bonds. The highest BCUT2D eigenvalue weighted by Gasteiger charge is 2.14. The van der Waals surface area contributed by atoms with Crippen LogP contribution in [0.15, 0.2) is 66.9 Å². The van der Waals surface area contributed by atoms with Crippen LogP contribution < -0.4 is 4.74 Å². The number of fused-ring (bicyclic) bond motifs is 1. The number of esters is 1. The van der Waals surface area contributed by atoms with E-state index in [1.807, 2.05) is 60.8 Å². The first-order valence-electron chi connectivity index (χ1n) is 10.3. The molecule has 0 unspecified atom stereocenters. The number of aromatic nitrogens is 1. The van der Waals surface area contributed by atoms with E-state index in [0.717, 1.165) is 39.2 Å². The lowest BCUT2D eigenvalue weighted by Gasteiger charge is -2.15. The molecule has 0 aliphatic heterocycles. The molecule has 0 spiro atoms. The third-order valence-electron chi connectivity index (χ3n) is 5.51. The van der Waals surface area contributed by atoms with Crippen LogP contribution in [0.4, 0.5) is 0 Å². The van der Waals surface area contributed by atoms with E-state index in [1.54, 1.807) is 6.07 Å². The second kappa shape index (κ2) is 9.68. The molecule has 4 aromatic rings. The van der Waals surface area contributed by atoms with Crippen molar-refractivity contribution in [1.29, 1.82) is 0 Å². The highest BCUT2D eigenvalue weighted by molar-refractivity contribution is 6.31. The number of halogens is 2. The third kappa shape index (κ3) is 4.62. The number of hydrogen-bond acceptors (Lipinski definition) is 3. The monoisotopic (exact) mass is 467 g/mol. The van der Waals surface area contributed by atoms with Crippen molar-refractivity contribution in [1.82, 2.24) is 4.57 Å². The van der Waals surface area contributed by atoms with Crippen LogP contribution in [0.3, 0.4) is 0 Å². The topological polar surface area (TPSA) is 40.5 Å². The highest BCUT2D eigenvalue weighted by atomic mass is 35.5. The first kappa shape index (κ1) is 22.3. The molecule has 0 aliphatic rings.